The summed E-state index contributed by atoms with van der Waals surface area (Å²) in [6.45, 7) is 2.14. The topological polar surface area (TPSA) is 42.2 Å². The van der Waals surface area contributed by atoms with E-state index in [9.17, 15) is 4.39 Å². The van der Waals surface area contributed by atoms with Crippen LogP contribution in [-0.4, -0.2) is 7.11 Å². The van der Waals surface area contributed by atoms with Gasteiger partial charge in [0.15, 0.2) is 11.5 Å². The van der Waals surface area contributed by atoms with E-state index in [2.05, 4.69) is 6.92 Å². The molecule has 21 heavy (non-hydrogen) atoms. The van der Waals surface area contributed by atoms with Crippen molar-refractivity contribution in [3.05, 3.63) is 58.9 Å². The Morgan fingerprint density at radius 1 is 1.14 bits per heavy atom. The van der Waals surface area contributed by atoms with E-state index in [0.29, 0.717) is 22.6 Å². The molecule has 0 unspecified atom stereocenters. The highest BCUT2D eigenvalue weighted by atomic mass is 19.1. The molecule has 0 amide bonds. The third kappa shape index (κ3) is 3.51. The van der Waals surface area contributed by atoms with Crippen molar-refractivity contribution in [1.82, 2.24) is 0 Å². The van der Waals surface area contributed by atoms with E-state index in [-0.39, 0.29) is 6.61 Å². The van der Waals surface area contributed by atoms with Crippen LogP contribution in [0.25, 0.3) is 0 Å². The van der Waals surface area contributed by atoms with Gasteiger partial charge in [0.25, 0.3) is 0 Å². The fourth-order valence-corrected chi connectivity index (χ4v) is 1.94. The molecule has 108 valence electrons. The predicted molar refractivity (Wildman–Crippen MR) is 77.8 cm³/mol. The van der Waals surface area contributed by atoms with E-state index in [4.69, 9.17) is 14.7 Å². The molecular formula is C17H16FNO2. The Hall–Kier alpha value is -2.54. The fourth-order valence-electron chi connectivity index (χ4n) is 1.94. The molecule has 4 heteroatoms. The van der Waals surface area contributed by atoms with E-state index in [1.807, 2.05) is 24.3 Å². The van der Waals surface area contributed by atoms with Crippen molar-refractivity contribution in [2.24, 2.45) is 0 Å². The summed E-state index contributed by atoms with van der Waals surface area (Å²) in [4.78, 5) is 0. The number of hydrogen-bond donors (Lipinski definition) is 0. The molecule has 3 nitrogen and oxygen atoms in total. The molecule has 0 bridgehead atoms. The molecule has 0 spiro atoms. The summed E-state index contributed by atoms with van der Waals surface area (Å²) >= 11 is 0. The largest absolute Gasteiger partial charge is 0.493 e. The normalized spacial score (nSPS) is 10.0. The first-order valence-corrected chi connectivity index (χ1v) is 6.66. The Bertz CT molecular complexity index is 677. The molecule has 0 fully saturated rings. The van der Waals surface area contributed by atoms with Crippen molar-refractivity contribution in [1.29, 1.82) is 5.26 Å². The lowest BCUT2D eigenvalue weighted by atomic mass is 10.1. The number of aryl methyl sites for hydroxylation is 1. The average Bonchev–Trinajstić information content (AvgIpc) is 2.53. The third-order valence-corrected chi connectivity index (χ3v) is 3.20. The molecule has 0 saturated heterocycles. The van der Waals surface area contributed by atoms with Crippen molar-refractivity contribution < 1.29 is 13.9 Å². The molecule has 0 heterocycles. The van der Waals surface area contributed by atoms with E-state index in [0.717, 1.165) is 12.0 Å². The van der Waals surface area contributed by atoms with Gasteiger partial charge >= 0.3 is 0 Å². The monoisotopic (exact) mass is 285 g/mol. The molecule has 0 N–H and O–H groups in total. The highest BCUT2D eigenvalue weighted by Gasteiger charge is 2.08. The van der Waals surface area contributed by atoms with Gasteiger partial charge in [-0.1, -0.05) is 19.1 Å². The molecule has 0 radical (unpaired) electrons. The van der Waals surface area contributed by atoms with Crippen LogP contribution >= 0.6 is 0 Å². The lowest BCUT2D eigenvalue weighted by Crippen LogP contribution is -2.01. The first kappa shape index (κ1) is 14.9. The van der Waals surface area contributed by atoms with Crippen molar-refractivity contribution in [2.75, 3.05) is 7.11 Å². The van der Waals surface area contributed by atoms with E-state index >= 15 is 0 Å². The number of nitriles is 1. The summed E-state index contributed by atoms with van der Waals surface area (Å²) in [5.74, 6) is 0.750. The smallest absolute Gasteiger partial charge is 0.161 e. The second kappa shape index (κ2) is 6.76. The molecular weight excluding hydrogens is 269 g/mol. The van der Waals surface area contributed by atoms with Crippen molar-refractivity contribution in [3.63, 3.8) is 0 Å². The van der Waals surface area contributed by atoms with Crippen LogP contribution in [0, 0.1) is 17.1 Å². The average molecular weight is 285 g/mol. The highest BCUT2D eigenvalue weighted by molar-refractivity contribution is 5.43. The Morgan fingerprint density at radius 3 is 2.57 bits per heavy atom. The summed E-state index contributed by atoms with van der Waals surface area (Å²) in [7, 11) is 1.57. The van der Waals surface area contributed by atoms with Gasteiger partial charge in [0, 0.05) is 5.56 Å². The van der Waals surface area contributed by atoms with Gasteiger partial charge in [-0.3, -0.25) is 0 Å². The first-order chi connectivity index (χ1) is 10.2. The van der Waals surface area contributed by atoms with Crippen LogP contribution in [0.2, 0.25) is 0 Å². The second-order valence-electron chi connectivity index (χ2n) is 4.55. The Morgan fingerprint density at radius 2 is 1.95 bits per heavy atom. The minimum Gasteiger partial charge on any atom is -0.493 e. The Labute approximate surface area is 123 Å². The molecule has 0 aliphatic heterocycles. The summed E-state index contributed by atoms with van der Waals surface area (Å²) in [6.07, 6.45) is 0.904. The molecule has 2 aromatic carbocycles. The second-order valence-corrected chi connectivity index (χ2v) is 4.55. The quantitative estimate of drug-likeness (QED) is 0.838. The fraction of sp³-hybridized carbons (Fsp3) is 0.235. The maximum absolute atomic E-state index is 13.8. The van der Waals surface area contributed by atoms with Crippen molar-refractivity contribution >= 4 is 0 Å². The van der Waals surface area contributed by atoms with E-state index in [1.54, 1.807) is 19.2 Å². The van der Waals surface area contributed by atoms with Gasteiger partial charge in [0.2, 0.25) is 0 Å². The van der Waals surface area contributed by atoms with Crippen LogP contribution in [-0.2, 0) is 13.0 Å². The van der Waals surface area contributed by atoms with Crippen LogP contribution in [0.4, 0.5) is 4.39 Å². The zero-order valence-corrected chi connectivity index (χ0v) is 12.0. The minimum atomic E-state index is -0.446. The standard InChI is InChI=1S/C17H16FNO2/c1-3-12-5-7-16(17(9-12)20-2)21-11-14-6-4-13(10-19)8-15(14)18/h4-9H,3,11H2,1-2H3. The molecule has 0 atom stereocenters. The van der Waals surface area contributed by atoms with Gasteiger partial charge in [-0.25, -0.2) is 4.39 Å². The van der Waals surface area contributed by atoms with Crippen LogP contribution in [0.1, 0.15) is 23.6 Å². The number of benzene rings is 2. The van der Waals surface area contributed by atoms with Gasteiger partial charge in [0.05, 0.1) is 18.7 Å². The van der Waals surface area contributed by atoms with Gasteiger partial charge in [0.1, 0.15) is 12.4 Å². The summed E-state index contributed by atoms with van der Waals surface area (Å²) in [5, 5.41) is 8.71. The molecule has 0 aliphatic carbocycles. The van der Waals surface area contributed by atoms with E-state index < -0.39 is 5.82 Å². The minimum absolute atomic E-state index is 0.0827. The third-order valence-electron chi connectivity index (χ3n) is 3.20. The van der Waals surface area contributed by atoms with Crippen molar-refractivity contribution in [3.8, 4) is 17.6 Å². The van der Waals surface area contributed by atoms with Crippen LogP contribution in [0.5, 0.6) is 11.5 Å². The number of ether oxygens (including phenoxy) is 2. The summed E-state index contributed by atoms with van der Waals surface area (Å²) in [5.41, 5.74) is 1.83. The SMILES string of the molecule is CCc1ccc(OCc2ccc(C#N)cc2F)c(OC)c1. The highest BCUT2D eigenvalue weighted by Crippen LogP contribution is 2.29. The van der Waals surface area contributed by atoms with Crippen molar-refractivity contribution in [2.45, 2.75) is 20.0 Å². The lowest BCUT2D eigenvalue weighted by molar-refractivity contribution is 0.279. The van der Waals surface area contributed by atoms with E-state index in [1.165, 1.54) is 6.07 Å². The number of nitrogens with zero attached hydrogens (tertiary/aromatic N) is 1. The maximum atomic E-state index is 13.8. The molecule has 2 aromatic rings. The first-order valence-electron chi connectivity index (χ1n) is 6.66. The Kier molecular flexibility index (Phi) is 4.78. The van der Waals surface area contributed by atoms with Gasteiger partial charge < -0.3 is 9.47 Å². The number of methoxy groups -OCH3 is 1. The predicted octanol–water partition coefficient (Wildman–Crippen LogP) is 3.85. The molecule has 0 aliphatic rings. The van der Waals surface area contributed by atoms with Crippen LogP contribution in [0.3, 0.4) is 0 Å². The molecule has 2 rings (SSSR count). The van der Waals surface area contributed by atoms with Gasteiger partial charge in [-0.15, -0.1) is 0 Å². The summed E-state index contributed by atoms with van der Waals surface area (Å²) in [6, 6.07) is 11.9. The van der Waals surface area contributed by atoms with Gasteiger partial charge in [-0.2, -0.15) is 5.26 Å². The lowest BCUT2D eigenvalue weighted by Gasteiger charge is -2.12. The Balaban J connectivity index is 2.15. The summed E-state index contributed by atoms with van der Waals surface area (Å²) < 4.78 is 24.7. The molecule has 0 aromatic heterocycles. The van der Waals surface area contributed by atoms with Crippen LogP contribution < -0.4 is 9.47 Å². The van der Waals surface area contributed by atoms with Gasteiger partial charge in [-0.05, 0) is 36.2 Å². The number of halogens is 1. The zero-order valence-electron chi connectivity index (χ0n) is 12.0. The van der Waals surface area contributed by atoms with Crippen LogP contribution in [0.15, 0.2) is 36.4 Å². The maximum Gasteiger partial charge on any atom is 0.161 e. The molecule has 0 saturated carbocycles. The zero-order chi connectivity index (χ0) is 15.2. The number of hydrogen-bond acceptors (Lipinski definition) is 3. The number of rotatable bonds is 5.